The van der Waals surface area contributed by atoms with Crippen molar-refractivity contribution in [3.63, 3.8) is 0 Å². The van der Waals surface area contributed by atoms with Crippen LogP contribution in [-0.2, 0) is 11.2 Å². The summed E-state index contributed by atoms with van der Waals surface area (Å²) in [6.45, 7) is 8.20. The molecule has 1 N–H and O–H groups in total. The largest absolute Gasteiger partial charge is 0.354 e. The lowest BCUT2D eigenvalue weighted by Crippen LogP contribution is -2.49. The van der Waals surface area contributed by atoms with Crippen molar-refractivity contribution in [1.29, 1.82) is 0 Å². The van der Waals surface area contributed by atoms with Crippen LogP contribution in [0.5, 0.6) is 0 Å². The molecule has 2 aromatic rings. The van der Waals surface area contributed by atoms with Gasteiger partial charge in [0.05, 0.1) is 12.6 Å². The first-order valence-corrected chi connectivity index (χ1v) is 9.42. The van der Waals surface area contributed by atoms with Crippen molar-refractivity contribution in [2.24, 2.45) is 0 Å². The first kappa shape index (κ1) is 18.4. The molecule has 1 fully saturated rings. The lowest BCUT2D eigenvalue weighted by atomic mass is 10.1. The average molecular weight is 352 g/mol. The van der Waals surface area contributed by atoms with Crippen LogP contribution in [0.15, 0.2) is 48.7 Å². The fraction of sp³-hybridized carbons (Fsp3) is 0.429. The highest BCUT2D eigenvalue weighted by molar-refractivity contribution is 5.78. The molecule has 1 unspecified atom stereocenters. The van der Waals surface area contributed by atoms with E-state index in [1.165, 1.54) is 5.56 Å². The smallest absolute Gasteiger partial charge is 0.234 e. The van der Waals surface area contributed by atoms with Crippen molar-refractivity contribution in [2.45, 2.75) is 26.3 Å². The molecular formula is C21H28N4O. The summed E-state index contributed by atoms with van der Waals surface area (Å²) in [6, 6.07) is 14.5. The lowest BCUT2D eigenvalue weighted by Gasteiger charge is -2.35. The number of nitrogens with one attached hydrogen (secondary N) is 1. The van der Waals surface area contributed by atoms with E-state index in [-0.39, 0.29) is 11.9 Å². The molecule has 3 rings (SSSR count). The Kier molecular flexibility index (Phi) is 6.23. The molecule has 5 nitrogen and oxygen atoms in total. The van der Waals surface area contributed by atoms with Crippen molar-refractivity contribution in [2.75, 3.05) is 37.6 Å². The van der Waals surface area contributed by atoms with Gasteiger partial charge >= 0.3 is 0 Å². The number of amides is 1. The topological polar surface area (TPSA) is 48.5 Å². The number of pyridine rings is 1. The maximum absolute atomic E-state index is 12.4. The van der Waals surface area contributed by atoms with Gasteiger partial charge in [0.25, 0.3) is 0 Å². The molecule has 5 heteroatoms. The molecule has 2 heterocycles. The Morgan fingerprint density at radius 2 is 1.85 bits per heavy atom. The quantitative estimate of drug-likeness (QED) is 0.868. The standard InChI is InChI=1S/C21H28N4O/c1-3-18-7-9-19(10-8-18)17(2)23-21(26)16-24-12-14-25(15-13-24)20-6-4-5-11-22-20/h4-11,17H,3,12-16H2,1-2H3,(H,23,26). The van der Waals surface area contributed by atoms with E-state index in [9.17, 15) is 4.79 Å². The van der Waals surface area contributed by atoms with E-state index >= 15 is 0 Å². The number of rotatable bonds is 6. The molecule has 1 amide bonds. The normalized spacial score (nSPS) is 16.3. The third kappa shape index (κ3) is 4.82. The van der Waals surface area contributed by atoms with Crippen LogP contribution in [0, 0.1) is 0 Å². The molecule has 0 aliphatic carbocycles. The Labute approximate surface area is 156 Å². The summed E-state index contributed by atoms with van der Waals surface area (Å²) in [7, 11) is 0. The molecule has 1 aliphatic heterocycles. The molecule has 1 aliphatic rings. The first-order chi connectivity index (χ1) is 12.7. The summed E-state index contributed by atoms with van der Waals surface area (Å²) in [6.07, 6.45) is 2.86. The Balaban J connectivity index is 1.45. The second kappa shape index (κ2) is 8.81. The fourth-order valence-corrected chi connectivity index (χ4v) is 3.29. The highest BCUT2D eigenvalue weighted by atomic mass is 16.2. The highest BCUT2D eigenvalue weighted by Crippen LogP contribution is 2.15. The maximum Gasteiger partial charge on any atom is 0.234 e. The molecular weight excluding hydrogens is 324 g/mol. The Morgan fingerprint density at radius 1 is 1.12 bits per heavy atom. The van der Waals surface area contributed by atoms with Crippen LogP contribution in [0.2, 0.25) is 0 Å². The van der Waals surface area contributed by atoms with Crippen molar-refractivity contribution in [3.05, 3.63) is 59.8 Å². The second-order valence-electron chi connectivity index (χ2n) is 6.84. The first-order valence-electron chi connectivity index (χ1n) is 9.42. The summed E-state index contributed by atoms with van der Waals surface area (Å²) in [4.78, 5) is 21.3. The summed E-state index contributed by atoms with van der Waals surface area (Å²) in [5.74, 6) is 1.10. The van der Waals surface area contributed by atoms with Crippen LogP contribution in [0.4, 0.5) is 5.82 Å². The number of hydrogen-bond donors (Lipinski definition) is 1. The van der Waals surface area contributed by atoms with Crippen LogP contribution in [-0.4, -0.2) is 48.5 Å². The minimum atomic E-state index is 0.0308. The van der Waals surface area contributed by atoms with Gasteiger partial charge < -0.3 is 10.2 Å². The Morgan fingerprint density at radius 3 is 2.46 bits per heavy atom. The van der Waals surface area contributed by atoms with Crippen LogP contribution in [0.3, 0.4) is 0 Å². The van der Waals surface area contributed by atoms with Gasteiger partial charge in [-0.3, -0.25) is 9.69 Å². The predicted molar refractivity (Wildman–Crippen MR) is 105 cm³/mol. The molecule has 0 radical (unpaired) electrons. The summed E-state index contributed by atoms with van der Waals surface area (Å²) >= 11 is 0. The van der Waals surface area contributed by atoms with Crippen molar-refractivity contribution in [3.8, 4) is 0 Å². The van der Waals surface area contributed by atoms with Crippen LogP contribution >= 0.6 is 0 Å². The molecule has 138 valence electrons. The summed E-state index contributed by atoms with van der Waals surface area (Å²) in [5.41, 5.74) is 2.47. The zero-order chi connectivity index (χ0) is 18.4. The number of carbonyl (C=O) groups is 1. The number of piperazine rings is 1. The SMILES string of the molecule is CCc1ccc(C(C)NC(=O)CN2CCN(c3ccccn3)CC2)cc1. The number of carbonyl (C=O) groups excluding carboxylic acids is 1. The number of aryl methyl sites for hydroxylation is 1. The zero-order valence-electron chi connectivity index (χ0n) is 15.7. The number of aromatic nitrogens is 1. The molecule has 1 aromatic heterocycles. The van der Waals surface area contributed by atoms with Gasteiger partial charge in [-0.25, -0.2) is 4.98 Å². The molecule has 26 heavy (non-hydrogen) atoms. The zero-order valence-corrected chi connectivity index (χ0v) is 15.7. The maximum atomic E-state index is 12.4. The average Bonchev–Trinajstić information content (AvgIpc) is 2.69. The molecule has 0 saturated carbocycles. The molecule has 0 spiro atoms. The van der Waals surface area contributed by atoms with E-state index in [1.807, 2.05) is 31.3 Å². The van der Waals surface area contributed by atoms with Gasteiger partial charge in [-0.15, -0.1) is 0 Å². The Bertz CT molecular complexity index is 694. The van der Waals surface area contributed by atoms with Crippen LogP contribution in [0.1, 0.15) is 31.0 Å². The summed E-state index contributed by atoms with van der Waals surface area (Å²) < 4.78 is 0. The van der Waals surface area contributed by atoms with Crippen LogP contribution in [0.25, 0.3) is 0 Å². The van der Waals surface area contributed by atoms with Gasteiger partial charge in [-0.05, 0) is 36.6 Å². The number of nitrogens with zero attached hydrogens (tertiary/aromatic N) is 3. The van der Waals surface area contributed by atoms with Crippen molar-refractivity contribution in [1.82, 2.24) is 15.2 Å². The van der Waals surface area contributed by atoms with Crippen LogP contribution < -0.4 is 10.2 Å². The number of anilines is 1. The van der Waals surface area contributed by atoms with E-state index in [0.29, 0.717) is 6.54 Å². The molecule has 0 bridgehead atoms. The van der Waals surface area contributed by atoms with Gasteiger partial charge in [0.15, 0.2) is 0 Å². The van der Waals surface area contributed by atoms with Gasteiger partial charge in [-0.1, -0.05) is 37.3 Å². The second-order valence-corrected chi connectivity index (χ2v) is 6.84. The molecule has 1 saturated heterocycles. The third-order valence-corrected chi connectivity index (χ3v) is 4.98. The van der Waals surface area contributed by atoms with E-state index in [0.717, 1.165) is 44.0 Å². The Hall–Kier alpha value is -2.40. The van der Waals surface area contributed by atoms with Crippen molar-refractivity contribution < 1.29 is 4.79 Å². The van der Waals surface area contributed by atoms with Gasteiger partial charge in [0, 0.05) is 32.4 Å². The monoisotopic (exact) mass is 352 g/mol. The summed E-state index contributed by atoms with van der Waals surface area (Å²) in [5, 5.41) is 3.12. The third-order valence-electron chi connectivity index (χ3n) is 4.98. The van der Waals surface area contributed by atoms with E-state index in [2.05, 4.69) is 51.3 Å². The number of hydrogen-bond acceptors (Lipinski definition) is 4. The van der Waals surface area contributed by atoms with Crippen molar-refractivity contribution >= 4 is 11.7 Å². The highest BCUT2D eigenvalue weighted by Gasteiger charge is 2.20. The molecule has 1 aromatic carbocycles. The van der Waals surface area contributed by atoms with E-state index in [4.69, 9.17) is 0 Å². The minimum Gasteiger partial charge on any atom is -0.354 e. The molecule has 1 atom stereocenters. The van der Waals surface area contributed by atoms with E-state index in [1.54, 1.807) is 0 Å². The van der Waals surface area contributed by atoms with E-state index < -0.39 is 0 Å². The lowest BCUT2D eigenvalue weighted by molar-refractivity contribution is -0.123. The van der Waals surface area contributed by atoms with Gasteiger partial charge in [0.1, 0.15) is 5.82 Å². The predicted octanol–water partition coefficient (Wildman–Crippen LogP) is 2.64. The van der Waals surface area contributed by atoms with Gasteiger partial charge in [-0.2, -0.15) is 0 Å². The van der Waals surface area contributed by atoms with Gasteiger partial charge in [0.2, 0.25) is 5.91 Å². The fourth-order valence-electron chi connectivity index (χ4n) is 3.29. The number of benzene rings is 1. The minimum absolute atomic E-state index is 0.0308.